The Morgan fingerprint density at radius 1 is 0.184 bits per heavy atom. The fraction of sp³-hybridized carbons (Fsp3) is 0. The number of hydrogen-bond donors (Lipinski definition) is 0. The van der Waals surface area contributed by atoms with Gasteiger partial charge in [-0.3, -0.25) is 0 Å². The van der Waals surface area contributed by atoms with Gasteiger partial charge in [0, 0.05) is 0 Å². The van der Waals surface area contributed by atoms with Crippen molar-refractivity contribution in [3.63, 3.8) is 0 Å². The third kappa shape index (κ3) is 6.44. The van der Waals surface area contributed by atoms with Gasteiger partial charge in [-0.1, -0.05) is 254 Å². The molecule has 4 aliphatic rings. The van der Waals surface area contributed by atoms with Crippen molar-refractivity contribution in [1.82, 2.24) is 0 Å². The molecule has 4 aliphatic heterocycles. The lowest BCUT2D eigenvalue weighted by Crippen LogP contribution is -2.56. The molecule has 4 heterocycles. The Bertz CT molecular complexity index is 4090. The molecular formula is C72H44B2O2. The van der Waals surface area contributed by atoms with Gasteiger partial charge in [-0.05, 0) is 146 Å². The molecule has 0 spiro atoms. The number of ether oxygens (including phenoxy) is 2. The Labute approximate surface area is 443 Å². The summed E-state index contributed by atoms with van der Waals surface area (Å²) in [4.78, 5) is 0. The normalized spacial score (nSPS) is 12.6. The minimum Gasteiger partial charge on any atom is -0.458 e. The van der Waals surface area contributed by atoms with E-state index in [4.69, 9.17) is 9.47 Å². The van der Waals surface area contributed by atoms with E-state index in [0.717, 1.165) is 45.1 Å². The van der Waals surface area contributed by atoms with Gasteiger partial charge in [0.1, 0.15) is 23.0 Å². The van der Waals surface area contributed by atoms with Crippen LogP contribution in [0.5, 0.6) is 23.0 Å². The van der Waals surface area contributed by atoms with Crippen LogP contribution in [0.1, 0.15) is 0 Å². The van der Waals surface area contributed by atoms with Gasteiger partial charge in [0.05, 0.1) is 0 Å². The third-order valence-electron chi connectivity index (χ3n) is 16.5. The summed E-state index contributed by atoms with van der Waals surface area (Å²) >= 11 is 0. The Hall–Kier alpha value is -9.63. The van der Waals surface area contributed by atoms with E-state index in [-0.39, 0.29) is 13.4 Å². The zero-order chi connectivity index (χ0) is 49.8. The van der Waals surface area contributed by atoms with E-state index >= 15 is 0 Å². The number of benzene rings is 12. The molecule has 350 valence electrons. The first-order chi connectivity index (χ1) is 37.7. The van der Waals surface area contributed by atoms with Crippen LogP contribution in [0.25, 0.3) is 100 Å². The first kappa shape index (κ1) is 42.8. The van der Waals surface area contributed by atoms with Crippen LogP contribution in [0.3, 0.4) is 0 Å². The lowest BCUT2D eigenvalue weighted by molar-refractivity contribution is 0.487. The van der Waals surface area contributed by atoms with Crippen molar-refractivity contribution in [2.75, 3.05) is 0 Å². The molecule has 76 heavy (non-hydrogen) atoms. The molecule has 0 unspecified atom stereocenters. The Morgan fingerprint density at radius 2 is 0.461 bits per heavy atom. The van der Waals surface area contributed by atoms with E-state index in [1.165, 1.54) is 111 Å². The van der Waals surface area contributed by atoms with Crippen LogP contribution in [0.4, 0.5) is 0 Å². The van der Waals surface area contributed by atoms with Crippen LogP contribution in [-0.4, -0.2) is 13.4 Å². The molecular weight excluding hydrogens is 918 g/mol. The summed E-state index contributed by atoms with van der Waals surface area (Å²) in [5.41, 5.74) is 28.6. The van der Waals surface area contributed by atoms with Gasteiger partial charge in [0.15, 0.2) is 0 Å². The van der Waals surface area contributed by atoms with Crippen LogP contribution in [0.2, 0.25) is 0 Å². The van der Waals surface area contributed by atoms with Crippen LogP contribution in [-0.2, 0) is 0 Å². The summed E-state index contributed by atoms with van der Waals surface area (Å²) in [7, 11) is 0. The second-order valence-electron chi connectivity index (χ2n) is 20.5. The zero-order valence-electron chi connectivity index (χ0n) is 41.4. The summed E-state index contributed by atoms with van der Waals surface area (Å²) in [6.45, 7) is -0.297. The maximum Gasteiger partial charge on any atom is 0.253 e. The molecule has 0 atom stereocenters. The highest BCUT2D eigenvalue weighted by Gasteiger charge is 2.42. The second kappa shape index (κ2) is 17.0. The van der Waals surface area contributed by atoms with Gasteiger partial charge >= 0.3 is 0 Å². The van der Waals surface area contributed by atoms with Crippen molar-refractivity contribution >= 4 is 46.2 Å². The molecule has 12 aromatic carbocycles. The van der Waals surface area contributed by atoms with Crippen molar-refractivity contribution in [2.24, 2.45) is 0 Å². The molecule has 2 nitrogen and oxygen atoms in total. The van der Waals surface area contributed by atoms with Crippen molar-refractivity contribution in [3.8, 4) is 123 Å². The van der Waals surface area contributed by atoms with Crippen molar-refractivity contribution in [2.45, 2.75) is 0 Å². The average Bonchev–Trinajstić information content (AvgIpc) is 3.58. The first-order valence-corrected chi connectivity index (χ1v) is 26.4. The van der Waals surface area contributed by atoms with Gasteiger partial charge < -0.3 is 9.47 Å². The van der Waals surface area contributed by atoms with Crippen LogP contribution in [0.15, 0.2) is 267 Å². The summed E-state index contributed by atoms with van der Waals surface area (Å²) < 4.78 is 14.5. The second-order valence-corrected chi connectivity index (χ2v) is 20.5. The molecule has 0 bridgehead atoms. The van der Waals surface area contributed by atoms with E-state index in [1.807, 2.05) is 0 Å². The van der Waals surface area contributed by atoms with Crippen molar-refractivity contribution < 1.29 is 9.47 Å². The molecule has 16 rings (SSSR count). The van der Waals surface area contributed by atoms with E-state index < -0.39 is 0 Å². The largest absolute Gasteiger partial charge is 0.458 e. The van der Waals surface area contributed by atoms with Crippen molar-refractivity contribution in [1.29, 1.82) is 0 Å². The Balaban J connectivity index is 0.906. The Kier molecular flexibility index (Phi) is 9.56. The molecule has 0 fully saturated rings. The Morgan fingerprint density at radius 3 is 0.816 bits per heavy atom. The molecule has 0 aliphatic carbocycles. The standard InChI is InChI=1S/C72H44B2O2/c1-3-19-45(20-4-1)49-31-15-33-59-55-27-11-7-23-51(55)53-25-9-13-29-57(53)61-35-17-37-65-71(61)73(69(49)59)63-41-39-47(43-67(63)75-65)48-40-42-64-68(44-48)76-66-38-18-36-62-58-30-14-10-26-54(58)52-24-8-12-28-56(52)60-34-16-32-50(46-21-5-2-6-22-46)70(60)74(64)72(62)66/h1-44H. The average molecular weight is 963 g/mol. The van der Waals surface area contributed by atoms with Gasteiger partial charge in [0.25, 0.3) is 13.4 Å². The maximum absolute atomic E-state index is 7.25. The van der Waals surface area contributed by atoms with E-state index in [2.05, 4.69) is 267 Å². The minimum absolute atomic E-state index is 0.148. The fourth-order valence-corrected chi connectivity index (χ4v) is 13.3. The molecule has 0 aromatic heterocycles. The van der Waals surface area contributed by atoms with E-state index in [9.17, 15) is 0 Å². The topological polar surface area (TPSA) is 18.5 Å². The fourth-order valence-electron chi connectivity index (χ4n) is 13.3. The highest BCUT2D eigenvalue weighted by molar-refractivity contribution is 7.00. The lowest BCUT2D eigenvalue weighted by atomic mass is 9.33. The van der Waals surface area contributed by atoms with Gasteiger partial charge in [0.2, 0.25) is 0 Å². The van der Waals surface area contributed by atoms with E-state index in [1.54, 1.807) is 0 Å². The third-order valence-corrected chi connectivity index (χ3v) is 16.5. The van der Waals surface area contributed by atoms with Crippen LogP contribution < -0.4 is 42.3 Å². The first-order valence-electron chi connectivity index (χ1n) is 26.4. The van der Waals surface area contributed by atoms with Crippen LogP contribution >= 0.6 is 0 Å². The van der Waals surface area contributed by atoms with Crippen molar-refractivity contribution in [3.05, 3.63) is 267 Å². The SMILES string of the molecule is c1ccc(-c2cccc3c2B2c4ccc(-c5ccc6c(c5)Oc5cccc7c5B6c5c(-c6ccccc6)cccc5-c5ccccc5-c5ccccc5-7)cc4Oc4cccc(c42)-c2ccccc2-c2ccccc2-3)cc1. The predicted molar refractivity (Wildman–Crippen MR) is 318 cm³/mol. The highest BCUT2D eigenvalue weighted by atomic mass is 16.5. The quantitative estimate of drug-likeness (QED) is 0.164. The summed E-state index contributed by atoms with van der Waals surface area (Å²) in [6.07, 6.45) is 0. The molecule has 0 saturated heterocycles. The van der Waals surface area contributed by atoms with E-state index in [0.29, 0.717) is 0 Å². The number of rotatable bonds is 3. The van der Waals surface area contributed by atoms with Gasteiger partial charge in [-0.25, -0.2) is 0 Å². The molecule has 0 radical (unpaired) electrons. The number of fused-ring (bicyclic) bond motifs is 18. The maximum atomic E-state index is 7.25. The summed E-state index contributed by atoms with van der Waals surface area (Å²) in [5.74, 6) is 3.45. The smallest absolute Gasteiger partial charge is 0.253 e. The molecule has 4 heteroatoms. The van der Waals surface area contributed by atoms with Crippen LogP contribution in [0, 0.1) is 0 Å². The molecule has 0 amide bonds. The summed E-state index contributed by atoms with van der Waals surface area (Å²) in [6, 6.07) is 98.1. The monoisotopic (exact) mass is 962 g/mol. The van der Waals surface area contributed by atoms with Gasteiger partial charge in [-0.2, -0.15) is 0 Å². The number of hydrogen-bond acceptors (Lipinski definition) is 2. The predicted octanol–water partition coefficient (Wildman–Crippen LogP) is 14.6. The minimum atomic E-state index is -0.148. The molecule has 12 aromatic rings. The van der Waals surface area contributed by atoms with Gasteiger partial charge in [-0.15, -0.1) is 0 Å². The molecule has 0 saturated carbocycles. The zero-order valence-corrected chi connectivity index (χ0v) is 41.4. The summed E-state index contributed by atoms with van der Waals surface area (Å²) in [5, 5.41) is 0. The molecule has 0 N–H and O–H groups in total. The highest BCUT2D eigenvalue weighted by Crippen LogP contribution is 2.45. The lowest BCUT2D eigenvalue weighted by Gasteiger charge is -2.32.